The molecule has 0 aliphatic heterocycles. The average Bonchev–Trinajstić information content (AvgIpc) is 2.89. The molecule has 0 spiro atoms. The van der Waals surface area contributed by atoms with Gasteiger partial charge in [0, 0.05) is 17.0 Å². The number of nitrogens with one attached hydrogen (secondary N) is 1. The Bertz CT molecular complexity index is 481. The third kappa shape index (κ3) is 3.12. The molecule has 2 unspecified atom stereocenters. The van der Waals surface area contributed by atoms with E-state index in [-0.39, 0.29) is 6.04 Å². The first-order chi connectivity index (χ1) is 8.70. The largest absolute Gasteiger partial charge is 0.508 e. The van der Waals surface area contributed by atoms with Crippen LogP contribution in [0.5, 0.6) is 5.75 Å². The lowest BCUT2D eigenvalue weighted by molar-refractivity contribution is 0.453. The van der Waals surface area contributed by atoms with Crippen molar-refractivity contribution in [1.82, 2.24) is 5.32 Å². The SMILES string of the molecule is CCC(NC(C)c1cccc(O)c1)c1cccs1. The van der Waals surface area contributed by atoms with Crippen LogP contribution in [0.15, 0.2) is 41.8 Å². The summed E-state index contributed by atoms with van der Waals surface area (Å²) in [5.74, 6) is 0.324. The standard InChI is InChI=1S/C15H19NOS/c1-3-14(15-8-5-9-18-15)16-11(2)12-6-4-7-13(17)10-12/h4-11,14,16-17H,3H2,1-2H3. The first-order valence-corrected chi connectivity index (χ1v) is 7.17. The van der Waals surface area contributed by atoms with Crippen molar-refractivity contribution >= 4 is 11.3 Å². The van der Waals surface area contributed by atoms with Crippen molar-refractivity contribution in [2.75, 3.05) is 0 Å². The number of aromatic hydroxyl groups is 1. The molecule has 96 valence electrons. The van der Waals surface area contributed by atoms with Crippen LogP contribution >= 0.6 is 11.3 Å². The van der Waals surface area contributed by atoms with E-state index >= 15 is 0 Å². The molecule has 18 heavy (non-hydrogen) atoms. The Morgan fingerprint density at radius 2 is 2.11 bits per heavy atom. The van der Waals surface area contributed by atoms with Gasteiger partial charge in [0.1, 0.15) is 5.75 Å². The number of thiophene rings is 1. The molecule has 1 aromatic carbocycles. The molecular formula is C15H19NOS. The van der Waals surface area contributed by atoms with Crippen molar-refractivity contribution in [2.24, 2.45) is 0 Å². The Kier molecular flexibility index (Phi) is 4.39. The molecule has 2 nitrogen and oxygen atoms in total. The lowest BCUT2D eigenvalue weighted by Crippen LogP contribution is -2.23. The van der Waals surface area contributed by atoms with Crippen molar-refractivity contribution in [3.63, 3.8) is 0 Å². The molecule has 0 saturated heterocycles. The Morgan fingerprint density at radius 3 is 2.72 bits per heavy atom. The zero-order valence-corrected chi connectivity index (χ0v) is 11.6. The van der Waals surface area contributed by atoms with Gasteiger partial charge in [0.15, 0.2) is 0 Å². The molecule has 0 amide bonds. The van der Waals surface area contributed by atoms with Crippen LogP contribution < -0.4 is 5.32 Å². The van der Waals surface area contributed by atoms with Crippen LogP contribution in [0.1, 0.15) is 42.8 Å². The zero-order chi connectivity index (χ0) is 13.0. The fourth-order valence-corrected chi connectivity index (χ4v) is 2.95. The van der Waals surface area contributed by atoms with E-state index in [9.17, 15) is 5.11 Å². The summed E-state index contributed by atoms with van der Waals surface area (Å²) >= 11 is 1.78. The lowest BCUT2D eigenvalue weighted by Gasteiger charge is -2.22. The molecule has 3 heteroatoms. The average molecular weight is 261 g/mol. The van der Waals surface area contributed by atoms with Gasteiger partial charge in [-0.1, -0.05) is 25.1 Å². The minimum Gasteiger partial charge on any atom is -0.508 e. The monoisotopic (exact) mass is 261 g/mol. The summed E-state index contributed by atoms with van der Waals surface area (Å²) in [4.78, 5) is 1.37. The molecule has 0 aliphatic carbocycles. The molecule has 0 saturated carbocycles. The van der Waals surface area contributed by atoms with Gasteiger partial charge in [0.2, 0.25) is 0 Å². The summed E-state index contributed by atoms with van der Waals surface area (Å²) < 4.78 is 0. The van der Waals surface area contributed by atoms with Crippen molar-refractivity contribution in [2.45, 2.75) is 32.4 Å². The lowest BCUT2D eigenvalue weighted by atomic mass is 10.1. The molecule has 2 rings (SSSR count). The summed E-state index contributed by atoms with van der Waals surface area (Å²) in [6.45, 7) is 4.32. The molecule has 0 radical (unpaired) electrons. The highest BCUT2D eigenvalue weighted by molar-refractivity contribution is 7.10. The van der Waals surface area contributed by atoms with Crippen molar-refractivity contribution in [3.05, 3.63) is 52.2 Å². The fourth-order valence-electron chi connectivity index (χ4n) is 2.08. The van der Waals surface area contributed by atoms with Crippen LogP contribution in [-0.4, -0.2) is 5.11 Å². The Hall–Kier alpha value is -1.32. The van der Waals surface area contributed by atoms with Gasteiger partial charge in [-0.15, -0.1) is 11.3 Å². The van der Waals surface area contributed by atoms with Crippen molar-refractivity contribution in [3.8, 4) is 5.75 Å². The van der Waals surface area contributed by atoms with Gasteiger partial charge in [-0.3, -0.25) is 0 Å². The molecule has 2 N–H and O–H groups in total. The molecule has 2 atom stereocenters. The second-order valence-electron chi connectivity index (χ2n) is 4.46. The van der Waals surface area contributed by atoms with Gasteiger partial charge >= 0.3 is 0 Å². The van der Waals surface area contributed by atoms with Gasteiger partial charge in [-0.25, -0.2) is 0 Å². The maximum Gasteiger partial charge on any atom is 0.115 e. The normalized spacial score (nSPS) is 14.3. The highest BCUT2D eigenvalue weighted by atomic mass is 32.1. The molecule has 2 aromatic rings. The predicted octanol–water partition coefficient (Wildman–Crippen LogP) is 4.26. The Balaban J connectivity index is 2.08. The minimum atomic E-state index is 0.226. The van der Waals surface area contributed by atoms with Gasteiger partial charge in [-0.2, -0.15) is 0 Å². The molecule has 1 aromatic heterocycles. The molecular weight excluding hydrogens is 242 g/mol. The maximum atomic E-state index is 9.51. The molecule has 0 bridgehead atoms. The quantitative estimate of drug-likeness (QED) is 0.843. The highest BCUT2D eigenvalue weighted by Crippen LogP contribution is 2.26. The topological polar surface area (TPSA) is 32.3 Å². The van der Waals surface area contributed by atoms with Crippen LogP contribution in [0.25, 0.3) is 0 Å². The summed E-state index contributed by atoms with van der Waals surface area (Å²) in [6.07, 6.45) is 1.06. The molecule has 1 heterocycles. The van der Waals surface area contributed by atoms with E-state index in [1.165, 1.54) is 4.88 Å². The third-order valence-corrected chi connectivity index (χ3v) is 4.10. The summed E-state index contributed by atoms with van der Waals surface area (Å²) in [5.41, 5.74) is 1.12. The summed E-state index contributed by atoms with van der Waals surface area (Å²) in [6, 6.07) is 12.3. The number of benzene rings is 1. The zero-order valence-electron chi connectivity index (χ0n) is 10.8. The number of phenols is 1. The van der Waals surface area contributed by atoms with E-state index in [4.69, 9.17) is 0 Å². The van der Waals surface area contributed by atoms with E-state index < -0.39 is 0 Å². The molecule has 0 fully saturated rings. The Morgan fingerprint density at radius 1 is 1.28 bits per heavy atom. The van der Waals surface area contributed by atoms with E-state index in [0.717, 1.165) is 12.0 Å². The first-order valence-electron chi connectivity index (χ1n) is 6.29. The van der Waals surface area contributed by atoms with Gasteiger partial charge in [-0.05, 0) is 42.5 Å². The summed E-state index contributed by atoms with van der Waals surface area (Å²) in [7, 11) is 0. The van der Waals surface area contributed by atoms with E-state index in [2.05, 4.69) is 36.7 Å². The van der Waals surface area contributed by atoms with Crippen LogP contribution in [0.2, 0.25) is 0 Å². The first kappa shape index (κ1) is 13.1. The second-order valence-corrected chi connectivity index (χ2v) is 5.44. The van der Waals surface area contributed by atoms with Crippen LogP contribution in [0, 0.1) is 0 Å². The van der Waals surface area contributed by atoms with Crippen molar-refractivity contribution < 1.29 is 5.11 Å². The number of hydrogen-bond acceptors (Lipinski definition) is 3. The fraction of sp³-hybridized carbons (Fsp3) is 0.333. The maximum absolute atomic E-state index is 9.51. The van der Waals surface area contributed by atoms with E-state index in [1.807, 2.05) is 18.2 Å². The van der Waals surface area contributed by atoms with Crippen LogP contribution in [0.4, 0.5) is 0 Å². The second kappa shape index (κ2) is 6.03. The Labute approximate surface area is 112 Å². The third-order valence-electron chi connectivity index (χ3n) is 3.12. The molecule has 0 aliphatic rings. The smallest absolute Gasteiger partial charge is 0.115 e. The number of rotatable bonds is 5. The van der Waals surface area contributed by atoms with E-state index in [0.29, 0.717) is 11.8 Å². The van der Waals surface area contributed by atoms with Gasteiger partial charge < -0.3 is 10.4 Å². The van der Waals surface area contributed by atoms with E-state index in [1.54, 1.807) is 17.4 Å². The van der Waals surface area contributed by atoms with Crippen LogP contribution in [0.3, 0.4) is 0 Å². The predicted molar refractivity (Wildman–Crippen MR) is 77.0 cm³/mol. The van der Waals surface area contributed by atoms with Gasteiger partial charge in [0.05, 0.1) is 0 Å². The number of hydrogen-bond donors (Lipinski definition) is 2. The van der Waals surface area contributed by atoms with Crippen LogP contribution in [-0.2, 0) is 0 Å². The highest BCUT2D eigenvalue weighted by Gasteiger charge is 2.14. The van der Waals surface area contributed by atoms with Crippen molar-refractivity contribution in [1.29, 1.82) is 0 Å². The summed E-state index contributed by atoms with van der Waals surface area (Å²) in [5, 5.41) is 15.2. The minimum absolute atomic E-state index is 0.226. The number of phenolic OH excluding ortho intramolecular Hbond substituents is 1. The van der Waals surface area contributed by atoms with Gasteiger partial charge in [0.25, 0.3) is 0 Å².